The normalized spacial score (nSPS) is 12.7. The zero-order chi connectivity index (χ0) is 56.4. The van der Waals surface area contributed by atoms with Crippen LogP contribution < -0.4 is 0 Å². The maximum atomic E-state index is 12.9. The van der Waals surface area contributed by atoms with E-state index in [1.165, 1.54) is 141 Å². The smallest absolute Gasteiger partial charge is 0.306 e. The number of ether oxygens (including phenoxy) is 3. The minimum Gasteiger partial charge on any atom is -0.462 e. The second-order valence-electron chi connectivity index (χ2n) is 22.0. The molecule has 0 rings (SSSR count). The summed E-state index contributed by atoms with van der Waals surface area (Å²) in [5.41, 5.74) is 0. The Morgan fingerprint density at radius 2 is 0.526 bits per heavy atom. The molecule has 0 aliphatic carbocycles. The van der Waals surface area contributed by atoms with Crippen molar-refractivity contribution >= 4 is 17.9 Å². The number of carbonyl (C=O) groups is 3. The maximum absolute atomic E-state index is 12.9. The lowest BCUT2D eigenvalue weighted by Gasteiger charge is -2.18. The summed E-state index contributed by atoms with van der Waals surface area (Å²) >= 11 is 0. The van der Waals surface area contributed by atoms with Crippen LogP contribution in [-0.4, -0.2) is 37.2 Å². The molecule has 1 atom stereocenters. The minimum absolute atomic E-state index is 0.0906. The highest BCUT2D eigenvalue weighted by molar-refractivity contribution is 5.71. The van der Waals surface area contributed by atoms with Gasteiger partial charge in [0.25, 0.3) is 0 Å². The van der Waals surface area contributed by atoms with Gasteiger partial charge < -0.3 is 14.2 Å². The van der Waals surface area contributed by atoms with Crippen molar-refractivity contribution in [2.45, 2.75) is 329 Å². The van der Waals surface area contributed by atoms with Crippen molar-refractivity contribution in [1.29, 1.82) is 0 Å². The molecular weight excluding hydrogens is 961 g/mol. The first-order chi connectivity index (χ1) is 38.5. The van der Waals surface area contributed by atoms with Crippen LogP contribution in [0.1, 0.15) is 323 Å². The van der Waals surface area contributed by atoms with Crippen LogP contribution in [0.15, 0.2) is 97.2 Å². The highest BCUT2D eigenvalue weighted by Crippen LogP contribution is 2.17. The topological polar surface area (TPSA) is 78.9 Å². The number of rotatable bonds is 60. The Kier molecular flexibility index (Phi) is 62.7. The van der Waals surface area contributed by atoms with E-state index in [1.54, 1.807) is 0 Å². The molecule has 0 heterocycles. The Morgan fingerprint density at radius 1 is 0.269 bits per heavy atom. The fourth-order valence-corrected chi connectivity index (χ4v) is 9.37. The molecule has 0 aromatic heterocycles. The lowest BCUT2D eigenvalue weighted by atomic mass is 10.0. The SMILES string of the molecule is CC/C=C\C/C=C\C/C=C\C/C=C\C/C=C\C/C=C\CCCCCCC(=O)OC(COC(=O)CCCCCCC/C=C\C/C=C\CCC)COC(=O)CCCCCCCCCCCCCCCCCCCCCCCCCC. The Hall–Kier alpha value is -3.67. The van der Waals surface area contributed by atoms with Gasteiger partial charge in [0.05, 0.1) is 0 Å². The molecule has 0 aromatic carbocycles. The average molecular weight is 1090 g/mol. The summed E-state index contributed by atoms with van der Waals surface area (Å²) in [5, 5.41) is 0. The number of hydrogen-bond donors (Lipinski definition) is 0. The number of esters is 3. The largest absolute Gasteiger partial charge is 0.462 e. The average Bonchev–Trinajstić information content (AvgIpc) is 3.44. The van der Waals surface area contributed by atoms with Crippen LogP contribution in [-0.2, 0) is 28.6 Å². The number of hydrogen-bond acceptors (Lipinski definition) is 6. The molecule has 6 heteroatoms. The molecule has 0 aliphatic rings. The molecule has 0 aliphatic heterocycles. The summed E-state index contributed by atoms with van der Waals surface area (Å²) in [6.07, 6.45) is 88.5. The molecule has 0 bridgehead atoms. The molecule has 0 spiro atoms. The number of carbonyl (C=O) groups excluding carboxylic acids is 3. The third kappa shape index (κ3) is 63.2. The maximum Gasteiger partial charge on any atom is 0.306 e. The summed E-state index contributed by atoms with van der Waals surface area (Å²) < 4.78 is 16.9. The zero-order valence-corrected chi connectivity index (χ0v) is 51.4. The van der Waals surface area contributed by atoms with Crippen molar-refractivity contribution in [1.82, 2.24) is 0 Å². The fraction of sp³-hybridized carbons (Fsp3) is 0.736. The molecule has 6 nitrogen and oxygen atoms in total. The standard InChI is InChI=1S/C72H124O6/c1-4-7-10-13-16-19-22-25-27-29-31-33-35-37-38-40-42-44-47-50-53-56-59-62-65-71(74)77-68-69(67-76-70(73)64-61-58-55-52-49-46-24-21-18-15-12-9-6-3)78-72(75)66-63-60-57-54-51-48-45-43-41-39-36-34-32-30-28-26-23-20-17-14-11-8-5-2/h8,11-12,15,17,20-21,24,26,28,32,34,39,41,45,48,69H,4-7,9-10,13-14,16,18-19,22-23,25,27,29-31,33,35-38,40,42-44,46-47,49-68H2,1-3H3/b11-8-,15-12-,20-17-,24-21-,28-26-,34-32-,41-39-,48-45-. The molecule has 0 saturated heterocycles. The Morgan fingerprint density at radius 3 is 0.833 bits per heavy atom. The molecular formula is C72H124O6. The molecule has 78 heavy (non-hydrogen) atoms. The van der Waals surface area contributed by atoms with E-state index in [-0.39, 0.29) is 31.1 Å². The van der Waals surface area contributed by atoms with Gasteiger partial charge in [0.1, 0.15) is 13.2 Å². The fourth-order valence-electron chi connectivity index (χ4n) is 9.37. The first kappa shape index (κ1) is 74.3. The van der Waals surface area contributed by atoms with Gasteiger partial charge in [0, 0.05) is 19.3 Å². The van der Waals surface area contributed by atoms with Crippen molar-refractivity contribution in [3.63, 3.8) is 0 Å². The molecule has 0 amide bonds. The monoisotopic (exact) mass is 1080 g/mol. The predicted octanol–water partition coefficient (Wildman–Crippen LogP) is 22.8. The van der Waals surface area contributed by atoms with E-state index in [1.807, 2.05) is 0 Å². The summed E-state index contributed by atoms with van der Waals surface area (Å²) in [6.45, 7) is 6.47. The van der Waals surface area contributed by atoms with Gasteiger partial charge in [-0.1, -0.05) is 304 Å². The first-order valence-electron chi connectivity index (χ1n) is 33.2. The Bertz CT molecular complexity index is 1530. The summed E-state index contributed by atoms with van der Waals surface area (Å²) in [5.74, 6) is -0.919. The highest BCUT2D eigenvalue weighted by atomic mass is 16.6. The van der Waals surface area contributed by atoms with Crippen molar-refractivity contribution < 1.29 is 28.6 Å². The molecule has 0 fully saturated rings. The minimum atomic E-state index is -0.798. The van der Waals surface area contributed by atoms with E-state index in [2.05, 4.69) is 118 Å². The molecule has 448 valence electrons. The van der Waals surface area contributed by atoms with Crippen LogP contribution in [0.4, 0.5) is 0 Å². The van der Waals surface area contributed by atoms with Crippen LogP contribution >= 0.6 is 0 Å². The van der Waals surface area contributed by atoms with Gasteiger partial charge >= 0.3 is 17.9 Å². The van der Waals surface area contributed by atoms with Crippen LogP contribution in [0.3, 0.4) is 0 Å². The second kappa shape index (κ2) is 65.8. The van der Waals surface area contributed by atoms with Gasteiger partial charge in [-0.05, 0) is 96.3 Å². The lowest BCUT2D eigenvalue weighted by Crippen LogP contribution is -2.30. The van der Waals surface area contributed by atoms with Gasteiger partial charge in [0.15, 0.2) is 6.10 Å². The zero-order valence-electron chi connectivity index (χ0n) is 51.4. The number of allylic oxidation sites excluding steroid dienone is 16. The lowest BCUT2D eigenvalue weighted by molar-refractivity contribution is -0.167. The number of unbranched alkanes of at least 4 members (excludes halogenated alkanes) is 33. The van der Waals surface area contributed by atoms with Gasteiger partial charge in [0.2, 0.25) is 0 Å². The molecule has 0 radical (unpaired) electrons. The Balaban J connectivity index is 4.35. The van der Waals surface area contributed by atoms with Crippen molar-refractivity contribution in [3.05, 3.63) is 97.2 Å². The first-order valence-corrected chi connectivity index (χ1v) is 33.2. The van der Waals surface area contributed by atoms with E-state index in [0.717, 1.165) is 141 Å². The molecule has 1 unspecified atom stereocenters. The van der Waals surface area contributed by atoms with Crippen LogP contribution in [0, 0.1) is 0 Å². The molecule has 0 saturated carbocycles. The van der Waals surface area contributed by atoms with Gasteiger partial charge in [-0.3, -0.25) is 14.4 Å². The van der Waals surface area contributed by atoms with Crippen molar-refractivity contribution in [2.75, 3.05) is 13.2 Å². The predicted molar refractivity (Wildman–Crippen MR) is 339 cm³/mol. The van der Waals surface area contributed by atoms with Crippen LogP contribution in [0.2, 0.25) is 0 Å². The van der Waals surface area contributed by atoms with E-state index in [4.69, 9.17) is 14.2 Å². The van der Waals surface area contributed by atoms with E-state index >= 15 is 0 Å². The van der Waals surface area contributed by atoms with E-state index < -0.39 is 6.10 Å². The summed E-state index contributed by atoms with van der Waals surface area (Å²) in [7, 11) is 0. The van der Waals surface area contributed by atoms with Crippen molar-refractivity contribution in [2.24, 2.45) is 0 Å². The van der Waals surface area contributed by atoms with E-state index in [9.17, 15) is 14.4 Å². The second-order valence-corrected chi connectivity index (χ2v) is 22.0. The van der Waals surface area contributed by atoms with Gasteiger partial charge in [-0.2, -0.15) is 0 Å². The molecule has 0 aromatic rings. The van der Waals surface area contributed by atoms with E-state index in [0.29, 0.717) is 19.3 Å². The van der Waals surface area contributed by atoms with Gasteiger partial charge in [-0.15, -0.1) is 0 Å². The van der Waals surface area contributed by atoms with Crippen LogP contribution in [0.5, 0.6) is 0 Å². The highest BCUT2D eigenvalue weighted by Gasteiger charge is 2.19. The Labute approximate surface area is 483 Å². The third-order valence-corrected chi connectivity index (χ3v) is 14.3. The molecule has 0 N–H and O–H groups in total. The van der Waals surface area contributed by atoms with Crippen molar-refractivity contribution in [3.8, 4) is 0 Å². The van der Waals surface area contributed by atoms with Crippen LogP contribution in [0.25, 0.3) is 0 Å². The van der Waals surface area contributed by atoms with Gasteiger partial charge in [-0.25, -0.2) is 0 Å². The quantitative estimate of drug-likeness (QED) is 0.0261. The third-order valence-electron chi connectivity index (χ3n) is 14.3. The summed E-state index contributed by atoms with van der Waals surface area (Å²) in [6, 6.07) is 0. The summed E-state index contributed by atoms with van der Waals surface area (Å²) in [4.78, 5) is 38.3.